The van der Waals surface area contributed by atoms with E-state index in [1.54, 1.807) is 43.2 Å². The molecule has 2 heterocycles. The monoisotopic (exact) mass is 458 g/mol. The molecule has 0 saturated carbocycles. The van der Waals surface area contributed by atoms with E-state index in [1.807, 2.05) is 0 Å². The number of rotatable bonds is 9. The van der Waals surface area contributed by atoms with E-state index in [9.17, 15) is 19.2 Å². The lowest BCUT2D eigenvalue weighted by Gasteiger charge is -2.32. The molecule has 0 aliphatic carbocycles. The van der Waals surface area contributed by atoms with Crippen molar-refractivity contribution in [2.24, 2.45) is 5.92 Å². The molecule has 0 bridgehead atoms. The van der Waals surface area contributed by atoms with Crippen LogP contribution in [0.3, 0.4) is 0 Å². The van der Waals surface area contributed by atoms with Gasteiger partial charge in [-0.05, 0) is 43.9 Å². The summed E-state index contributed by atoms with van der Waals surface area (Å²) in [5, 5.41) is 5.69. The second-order valence-electron chi connectivity index (χ2n) is 8.83. The molecule has 0 aromatic heterocycles. The van der Waals surface area contributed by atoms with Crippen LogP contribution in [-0.2, 0) is 19.9 Å². The number of carbonyl (C=O) groups is 4. The van der Waals surface area contributed by atoms with Crippen molar-refractivity contribution >= 4 is 23.8 Å². The molecule has 1 aromatic carbocycles. The number of urea groups is 1. The Hall–Kier alpha value is -3.10. The summed E-state index contributed by atoms with van der Waals surface area (Å²) < 4.78 is 5.15. The van der Waals surface area contributed by atoms with Crippen molar-refractivity contribution in [2.45, 2.75) is 51.5 Å². The minimum atomic E-state index is -1.24. The fourth-order valence-corrected chi connectivity index (χ4v) is 4.32. The molecule has 1 atom stereocenters. The maximum atomic E-state index is 13.1. The van der Waals surface area contributed by atoms with Crippen LogP contribution in [0.15, 0.2) is 24.3 Å². The number of nitrogens with zero attached hydrogens (tertiary/aromatic N) is 2. The summed E-state index contributed by atoms with van der Waals surface area (Å²) in [5.74, 6) is -0.177. The average molecular weight is 459 g/mol. The molecular weight excluding hydrogens is 424 g/mol. The Morgan fingerprint density at radius 1 is 1.15 bits per heavy atom. The number of unbranched alkanes of at least 4 members (excludes halogenated alkanes) is 2. The molecule has 2 fully saturated rings. The second-order valence-corrected chi connectivity index (χ2v) is 8.83. The number of methoxy groups -OCH3 is 1. The zero-order chi connectivity index (χ0) is 24.0. The lowest BCUT2D eigenvalue weighted by molar-refractivity contribution is -0.140. The van der Waals surface area contributed by atoms with Gasteiger partial charge >= 0.3 is 6.03 Å². The van der Waals surface area contributed by atoms with Crippen molar-refractivity contribution in [2.75, 3.05) is 33.3 Å². The number of hydrogen-bond donors (Lipinski definition) is 2. The topological polar surface area (TPSA) is 108 Å². The number of hydrogen-bond acceptors (Lipinski definition) is 5. The van der Waals surface area contributed by atoms with Crippen LogP contribution in [0.2, 0.25) is 0 Å². The van der Waals surface area contributed by atoms with Crippen molar-refractivity contribution in [3.05, 3.63) is 29.8 Å². The quantitative estimate of drug-likeness (QED) is 0.435. The van der Waals surface area contributed by atoms with Crippen LogP contribution in [0.25, 0.3) is 0 Å². The van der Waals surface area contributed by atoms with Gasteiger partial charge in [-0.25, -0.2) is 4.79 Å². The first-order chi connectivity index (χ1) is 15.8. The summed E-state index contributed by atoms with van der Waals surface area (Å²) >= 11 is 0. The molecule has 2 saturated heterocycles. The van der Waals surface area contributed by atoms with E-state index in [-0.39, 0.29) is 24.3 Å². The Balaban J connectivity index is 1.53. The van der Waals surface area contributed by atoms with E-state index in [1.165, 1.54) is 0 Å². The highest BCUT2D eigenvalue weighted by Crippen LogP contribution is 2.30. The van der Waals surface area contributed by atoms with Gasteiger partial charge in [-0.1, -0.05) is 31.9 Å². The minimum Gasteiger partial charge on any atom is -0.497 e. The van der Waals surface area contributed by atoms with Gasteiger partial charge in [0, 0.05) is 25.6 Å². The summed E-state index contributed by atoms with van der Waals surface area (Å²) in [6.45, 7) is 4.99. The average Bonchev–Trinajstić information content (AvgIpc) is 3.05. The zero-order valence-electron chi connectivity index (χ0n) is 19.7. The Labute approximate surface area is 194 Å². The maximum absolute atomic E-state index is 13.1. The number of benzene rings is 1. The van der Waals surface area contributed by atoms with Crippen LogP contribution in [-0.4, -0.2) is 66.8 Å². The van der Waals surface area contributed by atoms with Gasteiger partial charge in [0.05, 0.1) is 7.11 Å². The summed E-state index contributed by atoms with van der Waals surface area (Å²) in [6.07, 6.45) is 4.33. The van der Waals surface area contributed by atoms with Crippen LogP contribution >= 0.6 is 0 Å². The molecule has 2 N–H and O–H groups in total. The smallest absolute Gasteiger partial charge is 0.325 e. The highest BCUT2D eigenvalue weighted by Gasteiger charge is 2.49. The van der Waals surface area contributed by atoms with Gasteiger partial charge in [0.2, 0.25) is 11.8 Å². The Bertz CT molecular complexity index is 879. The minimum absolute atomic E-state index is 0.0440. The molecule has 1 unspecified atom stereocenters. The van der Waals surface area contributed by atoms with Crippen LogP contribution in [0.4, 0.5) is 4.79 Å². The van der Waals surface area contributed by atoms with Gasteiger partial charge in [0.15, 0.2) is 0 Å². The van der Waals surface area contributed by atoms with Gasteiger partial charge in [-0.2, -0.15) is 0 Å². The second kappa shape index (κ2) is 10.7. The number of imide groups is 1. The first-order valence-electron chi connectivity index (χ1n) is 11.6. The molecule has 9 nitrogen and oxygen atoms in total. The van der Waals surface area contributed by atoms with Gasteiger partial charge in [0.1, 0.15) is 17.8 Å². The van der Waals surface area contributed by atoms with Crippen LogP contribution in [0.1, 0.15) is 51.5 Å². The molecule has 5 amide bonds. The summed E-state index contributed by atoms with van der Waals surface area (Å²) in [4.78, 5) is 53.4. The summed E-state index contributed by atoms with van der Waals surface area (Å²) in [7, 11) is 1.55. The van der Waals surface area contributed by atoms with E-state index in [0.29, 0.717) is 43.8 Å². The zero-order valence-corrected chi connectivity index (χ0v) is 19.7. The number of likely N-dealkylation sites (tertiary alicyclic amines) is 1. The molecule has 0 spiro atoms. The highest BCUT2D eigenvalue weighted by molar-refractivity contribution is 6.09. The molecule has 3 rings (SSSR count). The number of nitrogens with one attached hydrogen (secondary N) is 2. The highest BCUT2D eigenvalue weighted by atomic mass is 16.5. The Morgan fingerprint density at radius 3 is 2.42 bits per heavy atom. The third-order valence-corrected chi connectivity index (χ3v) is 6.53. The van der Waals surface area contributed by atoms with Gasteiger partial charge in [-0.15, -0.1) is 0 Å². The molecule has 9 heteroatoms. The van der Waals surface area contributed by atoms with E-state index < -0.39 is 17.5 Å². The van der Waals surface area contributed by atoms with Crippen molar-refractivity contribution in [3.8, 4) is 5.75 Å². The maximum Gasteiger partial charge on any atom is 0.325 e. The summed E-state index contributed by atoms with van der Waals surface area (Å²) in [6, 6.07) is 6.30. The largest absolute Gasteiger partial charge is 0.497 e. The fraction of sp³-hybridized carbons (Fsp3) is 0.583. The Morgan fingerprint density at radius 2 is 1.82 bits per heavy atom. The standard InChI is InChI=1S/C24H34N4O5/c1-4-5-6-13-25-21(30)17-11-14-27(15-12-17)20(29)16-28-22(31)24(2,26-23(28)32)18-7-9-19(33-3)10-8-18/h7-10,17H,4-6,11-16H2,1-3H3,(H,25,30)(H,26,32). The Kier molecular flexibility index (Phi) is 7.94. The third kappa shape index (κ3) is 5.46. The number of carbonyl (C=O) groups excluding carboxylic acids is 4. The van der Waals surface area contributed by atoms with Crippen LogP contribution in [0, 0.1) is 5.92 Å². The molecule has 1 aromatic rings. The SMILES string of the molecule is CCCCCNC(=O)C1CCN(C(=O)CN2C(=O)NC(C)(c3ccc(OC)cc3)C2=O)CC1. The normalized spacial score (nSPS) is 21.2. The number of ether oxygens (including phenoxy) is 1. The van der Waals surface area contributed by atoms with Gasteiger partial charge in [-0.3, -0.25) is 19.3 Å². The molecule has 2 aliphatic heterocycles. The molecule has 0 radical (unpaired) electrons. The van der Waals surface area contributed by atoms with E-state index in [0.717, 1.165) is 24.2 Å². The molecular formula is C24H34N4O5. The molecule has 2 aliphatic rings. The van der Waals surface area contributed by atoms with E-state index >= 15 is 0 Å². The fourth-order valence-electron chi connectivity index (χ4n) is 4.32. The third-order valence-electron chi connectivity index (χ3n) is 6.53. The van der Waals surface area contributed by atoms with Crippen molar-refractivity contribution in [1.82, 2.24) is 20.4 Å². The summed E-state index contributed by atoms with van der Waals surface area (Å²) in [5.41, 5.74) is -0.630. The molecule has 33 heavy (non-hydrogen) atoms. The first-order valence-corrected chi connectivity index (χ1v) is 11.6. The van der Waals surface area contributed by atoms with Crippen molar-refractivity contribution in [3.63, 3.8) is 0 Å². The predicted molar refractivity (Wildman–Crippen MR) is 122 cm³/mol. The predicted octanol–water partition coefficient (Wildman–Crippen LogP) is 2.01. The van der Waals surface area contributed by atoms with Gasteiger partial charge < -0.3 is 20.3 Å². The number of piperidine rings is 1. The van der Waals surface area contributed by atoms with Crippen molar-refractivity contribution in [1.29, 1.82) is 0 Å². The van der Waals surface area contributed by atoms with E-state index in [2.05, 4.69) is 17.6 Å². The van der Waals surface area contributed by atoms with E-state index in [4.69, 9.17) is 4.74 Å². The lowest BCUT2D eigenvalue weighted by Crippen LogP contribution is -2.48. The van der Waals surface area contributed by atoms with Gasteiger partial charge in [0.25, 0.3) is 5.91 Å². The first kappa shape index (κ1) is 24.5. The van der Waals surface area contributed by atoms with Crippen LogP contribution < -0.4 is 15.4 Å². The molecule has 180 valence electrons. The van der Waals surface area contributed by atoms with Crippen molar-refractivity contribution < 1.29 is 23.9 Å². The lowest BCUT2D eigenvalue weighted by atomic mass is 9.92. The van der Waals surface area contributed by atoms with Crippen LogP contribution in [0.5, 0.6) is 5.75 Å². The number of amides is 5.